The second-order valence-electron chi connectivity index (χ2n) is 4.26. The smallest absolute Gasteiger partial charge is 0.241 e. The van der Waals surface area contributed by atoms with Gasteiger partial charge in [0, 0.05) is 6.54 Å². The number of hydrogen-bond acceptors (Lipinski definition) is 4. The zero-order valence-electron chi connectivity index (χ0n) is 9.26. The maximum absolute atomic E-state index is 11.5. The normalized spacial score (nSPS) is 17.1. The van der Waals surface area contributed by atoms with E-state index in [2.05, 4.69) is 15.6 Å². The molecular weight excluding hydrogens is 208 g/mol. The number of carbonyl (C=O) groups excluding carboxylic acids is 1. The molecule has 1 amide bonds. The van der Waals surface area contributed by atoms with E-state index in [1.165, 1.54) is 17.5 Å². The van der Waals surface area contributed by atoms with Gasteiger partial charge in [-0.2, -0.15) is 0 Å². The van der Waals surface area contributed by atoms with E-state index in [4.69, 9.17) is 0 Å². The van der Waals surface area contributed by atoms with Crippen LogP contribution < -0.4 is 5.32 Å². The van der Waals surface area contributed by atoms with Crippen LogP contribution in [0.5, 0.6) is 0 Å². The number of nitrogens with zero attached hydrogens (tertiary/aromatic N) is 3. The number of carbonyl (C=O) groups is 1. The topological polar surface area (TPSA) is 80.0 Å². The molecule has 1 aliphatic carbocycles. The summed E-state index contributed by atoms with van der Waals surface area (Å²) in [5.74, 6) is 0.613. The fourth-order valence-electron chi connectivity index (χ4n) is 1.37. The molecular formula is C10H16N4O2. The number of rotatable bonds is 5. The van der Waals surface area contributed by atoms with Crippen LogP contribution in [0.15, 0.2) is 6.20 Å². The minimum absolute atomic E-state index is 0.0612. The van der Waals surface area contributed by atoms with Gasteiger partial charge in [-0.25, -0.2) is 4.68 Å². The van der Waals surface area contributed by atoms with Gasteiger partial charge in [0.25, 0.3) is 0 Å². The van der Waals surface area contributed by atoms with Gasteiger partial charge in [0.05, 0.1) is 12.3 Å². The van der Waals surface area contributed by atoms with Gasteiger partial charge in [0.15, 0.2) is 0 Å². The van der Waals surface area contributed by atoms with Gasteiger partial charge in [-0.05, 0) is 25.7 Å². The summed E-state index contributed by atoms with van der Waals surface area (Å²) in [6, 6.07) is 0. The summed E-state index contributed by atoms with van der Waals surface area (Å²) in [5, 5.41) is 19.6. The Morgan fingerprint density at radius 1 is 1.75 bits per heavy atom. The Bertz CT molecular complexity index is 371. The molecule has 88 valence electrons. The SMILES string of the molecule is CC(O)c1cn(CC(=O)NCC2CC2)nn1. The largest absolute Gasteiger partial charge is 0.387 e. The second-order valence-corrected chi connectivity index (χ2v) is 4.26. The number of aliphatic hydroxyl groups excluding tert-OH is 1. The molecule has 1 aliphatic rings. The molecule has 1 heterocycles. The van der Waals surface area contributed by atoms with Crippen LogP contribution in [-0.4, -0.2) is 32.6 Å². The molecule has 1 atom stereocenters. The van der Waals surface area contributed by atoms with Crippen molar-refractivity contribution in [1.29, 1.82) is 0 Å². The second kappa shape index (κ2) is 4.61. The maximum atomic E-state index is 11.5. The van der Waals surface area contributed by atoms with E-state index in [9.17, 15) is 9.90 Å². The summed E-state index contributed by atoms with van der Waals surface area (Å²) in [6.07, 6.45) is 3.37. The zero-order valence-corrected chi connectivity index (χ0v) is 9.26. The fraction of sp³-hybridized carbons (Fsp3) is 0.700. The van der Waals surface area contributed by atoms with Crippen LogP contribution in [0, 0.1) is 5.92 Å². The van der Waals surface area contributed by atoms with Crippen molar-refractivity contribution >= 4 is 5.91 Å². The monoisotopic (exact) mass is 224 g/mol. The Labute approximate surface area is 93.6 Å². The van der Waals surface area contributed by atoms with Gasteiger partial charge in [-0.3, -0.25) is 4.79 Å². The molecule has 0 saturated heterocycles. The standard InChI is InChI=1S/C10H16N4O2/c1-7(15)9-5-14(13-12-9)6-10(16)11-4-8-2-3-8/h5,7-8,15H,2-4,6H2,1H3,(H,11,16). The first-order valence-corrected chi connectivity index (χ1v) is 5.50. The number of aliphatic hydroxyl groups is 1. The molecule has 1 fully saturated rings. The number of nitrogens with one attached hydrogen (secondary N) is 1. The van der Waals surface area contributed by atoms with Gasteiger partial charge in [0.2, 0.25) is 5.91 Å². The van der Waals surface area contributed by atoms with Crippen molar-refractivity contribution in [3.63, 3.8) is 0 Å². The average Bonchev–Trinajstić information content (AvgIpc) is 2.95. The quantitative estimate of drug-likeness (QED) is 0.729. The summed E-state index contributed by atoms with van der Waals surface area (Å²) in [4.78, 5) is 11.5. The van der Waals surface area contributed by atoms with Crippen LogP contribution in [0.2, 0.25) is 0 Å². The van der Waals surface area contributed by atoms with Crippen molar-refractivity contribution in [2.75, 3.05) is 6.54 Å². The van der Waals surface area contributed by atoms with Gasteiger partial charge in [-0.1, -0.05) is 5.21 Å². The van der Waals surface area contributed by atoms with E-state index in [-0.39, 0.29) is 12.5 Å². The lowest BCUT2D eigenvalue weighted by molar-refractivity contribution is -0.121. The third kappa shape index (κ3) is 3.03. The lowest BCUT2D eigenvalue weighted by Gasteiger charge is -2.03. The summed E-state index contributed by atoms with van der Waals surface area (Å²) in [5.41, 5.74) is 0.481. The highest BCUT2D eigenvalue weighted by atomic mass is 16.3. The molecule has 2 rings (SSSR count). The Hall–Kier alpha value is -1.43. The molecule has 1 aromatic rings. The van der Waals surface area contributed by atoms with Crippen molar-refractivity contribution < 1.29 is 9.90 Å². The van der Waals surface area contributed by atoms with E-state index < -0.39 is 6.10 Å². The van der Waals surface area contributed by atoms with Gasteiger partial charge < -0.3 is 10.4 Å². The Balaban J connectivity index is 1.79. The van der Waals surface area contributed by atoms with E-state index in [1.54, 1.807) is 13.1 Å². The number of hydrogen-bond donors (Lipinski definition) is 2. The predicted octanol–water partition coefficient (Wildman–Crippen LogP) is -0.142. The molecule has 6 heteroatoms. The zero-order chi connectivity index (χ0) is 11.5. The molecule has 6 nitrogen and oxygen atoms in total. The molecule has 16 heavy (non-hydrogen) atoms. The molecule has 0 spiro atoms. The molecule has 0 aromatic carbocycles. The van der Waals surface area contributed by atoms with Gasteiger partial charge in [0.1, 0.15) is 12.2 Å². The highest BCUT2D eigenvalue weighted by molar-refractivity contribution is 5.75. The summed E-state index contributed by atoms with van der Waals surface area (Å²) < 4.78 is 1.43. The Morgan fingerprint density at radius 3 is 3.06 bits per heavy atom. The fourth-order valence-corrected chi connectivity index (χ4v) is 1.37. The van der Waals surface area contributed by atoms with E-state index in [1.807, 2.05) is 0 Å². The van der Waals surface area contributed by atoms with Gasteiger partial charge in [-0.15, -0.1) is 5.10 Å². The summed E-state index contributed by atoms with van der Waals surface area (Å²) in [6.45, 7) is 2.53. The maximum Gasteiger partial charge on any atom is 0.241 e. The third-order valence-electron chi connectivity index (χ3n) is 2.57. The van der Waals surface area contributed by atoms with Crippen molar-refractivity contribution in [3.05, 3.63) is 11.9 Å². The van der Waals surface area contributed by atoms with Crippen LogP contribution in [0.4, 0.5) is 0 Å². The highest BCUT2D eigenvalue weighted by Gasteiger charge is 2.21. The third-order valence-corrected chi connectivity index (χ3v) is 2.57. The van der Waals surface area contributed by atoms with E-state index in [0.717, 1.165) is 6.54 Å². The minimum Gasteiger partial charge on any atom is -0.387 e. The Morgan fingerprint density at radius 2 is 2.50 bits per heavy atom. The predicted molar refractivity (Wildman–Crippen MR) is 56.4 cm³/mol. The van der Waals surface area contributed by atoms with Crippen LogP contribution in [0.3, 0.4) is 0 Å². The molecule has 1 saturated carbocycles. The lowest BCUT2D eigenvalue weighted by atomic mass is 10.3. The van der Waals surface area contributed by atoms with Crippen LogP contribution >= 0.6 is 0 Å². The van der Waals surface area contributed by atoms with Crippen molar-refractivity contribution in [1.82, 2.24) is 20.3 Å². The van der Waals surface area contributed by atoms with Crippen LogP contribution in [0.1, 0.15) is 31.6 Å². The minimum atomic E-state index is -0.650. The number of aromatic nitrogens is 3. The van der Waals surface area contributed by atoms with Gasteiger partial charge >= 0.3 is 0 Å². The molecule has 2 N–H and O–H groups in total. The molecule has 0 radical (unpaired) electrons. The van der Waals surface area contributed by atoms with Crippen molar-refractivity contribution in [2.24, 2.45) is 5.92 Å². The first-order valence-electron chi connectivity index (χ1n) is 5.50. The molecule has 1 unspecified atom stereocenters. The van der Waals surface area contributed by atoms with E-state index in [0.29, 0.717) is 11.6 Å². The van der Waals surface area contributed by atoms with Crippen molar-refractivity contribution in [2.45, 2.75) is 32.4 Å². The van der Waals surface area contributed by atoms with E-state index >= 15 is 0 Å². The molecule has 0 aliphatic heterocycles. The molecule has 0 bridgehead atoms. The van der Waals surface area contributed by atoms with Crippen LogP contribution in [-0.2, 0) is 11.3 Å². The summed E-state index contributed by atoms with van der Waals surface area (Å²) >= 11 is 0. The lowest BCUT2D eigenvalue weighted by Crippen LogP contribution is -2.29. The average molecular weight is 224 g/mol. The first kappa shape index (κ1) is 11.1. The van der Waals surface area contributed by atoms with Crippen LogP contribution in [0.25, 0.3) is 0 Å². The highest BCUT2D eigenvalue weighted by Crippen LogP contribution is 2.27. The Kier molecular flexibility index (Phi) is 3.19. The first-order chi connectivity index (χ1) is 7.65. The number of amides is 1. The summed E-state index contributed by atoms with van der Waals surface area (Å²) in [7, 11) is 0. The molecule has 1 aromatic heterocycles. The van der Waals surface area contributed by atoms with Crippen molar-refractivity contribution in [3.8, 4) is 0 Å².